The van der Waals surface area contributed by atoms with E-state index in [0.29, 0.717) is 37.7 Å². The predicted octanol–water partition coefficient (Wildman–Crippen LogP) is 14.5. The van der Waals surface area contributed by atoms with E-state index in [1.54, 1.807) is 13.0 Å². The molecule has 2 aliphatic carbocycles. The minimum atomic E-state index is -1.12. The quantitative estimate of drug-likeness (QED) is 0.0243. The monoisotopic (exact) mass is 895 g/mol. The molecule has 7 heteroatoms. The molecule has 360 valence electrons. The number of ketones is 1. The van der Waals surface area contributed by atoms with Gasteiger partial charge in [-0.2, -0.15) is 0 Å². The first-order valence-electron chi connectivity index (χ1n) is 24.8. The Balaban J connectivity index is 1.43. The van der Waals surface area contributed by atoms with Crippen LogP contribution in [0.4, 0.5) is 0 Å². The first-order valence-corrected chi connectivity index (χ1v) is 24.8. The average molecular weight is 895 g/mol. The summed E-state index contributed by atoms with van der Waals surface area (Å²) < 4.78 is 17.8. The third-order valence-electron chi connectivity index (χ3n) is 13.6. The molecule has 65 heavy (non-hydrogen) atoms. The molecule has 0 aromatic rings. The standard InChI is InChI=1S/C58H86O7/c1-13-14-15-16-17-18-19-20-21-22-23-24-25-36-53(61)64-50-40-55(9,10)58(57(12,42-50)65-58)43-51(60)47(5)35-29-34-45(3)31-27-26-30-44(2)32-28-33-46(4)37-38-52-54(7,8)39-49(63-48(6)59)41-56(52,11)62/h25-37,49-50,62H,13-24,39-43H2,1-12H3. The molecular formula is C58H86O7. The van der Waals surface area contributed by atoms with E-state index in [2.05, 4.69) is 47.3 Å². The van der Waals surface area contributed by atoms with E-state index in [4.69, 9.17) is 14.2 Å². The van der Waals surface area contributed by atoms with Gasteiger partial charge in [0.05, 0.1) is 11.2 Å². The number of fused-ring (bicyclic) bond motifs is 1. The number of ether oxygens (including phenoxy) is 3. The molecule has 3 rings (SSSR count). The summed E-state index contributed by atoms with van der Waals surface area (Å²) in [6.45, 7) is 23.8. The smallest absolute Gasteiger partial charge is 0.330 e. The fourth-order valence-electron chi connectivity index (χ4n) is 10.1. The van der Waals surface area contributed by atoms with Gasteiger partial charge in [0.1, 0.15) is 17.8 Å². The van der Waals surface area contributed by atoms with E-state index < -0.39 is 16.8 Å². The van der Waals surface area contributed by atoms with Crippen molar-refractivity contribution in [3.63, 3.8) is 0 Å². The van der Waals surface area contributed by atoms with Crippen molar-refractivity contribution in [1.29, 1.82) is 0 Å². The van der Waals surface area contributed by atoms with Gasteiger partial charge in [0.25, 0.3) is 0 Å². The van der Waals surface area contributed by atoms with E-state index in [-0.39, 0.29) is 40.8 Å². The Bertz CT molecular complexity index is 1910. The van der Waals surface area contributed by atoms with Gasteiger partial charge in [0.15, 0.2) is 5.78 Å². The fraction of sp³-hybridized carbons (Fsp3) is 0.621. The molecule has 2 saturated carbocycles. The van der Waals surface area contributed by atoms with Gasteiger partial charge in [0.2, 0.25) is 0 Å². The Hall–Kier alpha value is -4.03. The highest BCUT2D eigenvalue weighted by Gasteiger charge is 2.76. The van der Waals surface area contributed by atoms with Crippen LogP contribution in [0.2, 0.25) is 0 Å². The number of carbonyl (C=O) groups excluding carboxylic acids is 3. The topological polar surface area (TPSA) is 102 Å². The number of hydrogen-bond donors (Lipinski definition) is 1. The third kappa shape index (κ3) is 17.9. The summed E-state index contributed by atoms with van der Waals surface area (Å²) in [7, 11) is 0. The SMILES string of the molecule is CCCCCCCCCCCCCC=CC(=O)OC1CC(C)(C)C2(CC(=O)C(C)=CC=CC(C)=CC=CC=C(C)C=CC=C(C)C=C=C3C(C)(C)CC(OC(C)=O)CC3(C)O)OC2(C)C1. The van der Waals surface area contributed by atoms with Gasteiger partial charge in [-0.3, -0.25) is 9.59 Å². The molecule has 0 bridgehead atoms. The Kier molecular flexibility index (Phi) is 21.9. The third-order valence-corrected chi connectivity index (χ3v) is 13.6. The molecule has 1 heterocycles. The zero-order valence-electron chi connectivity index (χ0n) is 42.6. The van der Waals surface area contributed by atoms with Crippen LogP contribution in [-0.4, -0.2) is 51.8 Å². The molecule has 3 fully saturated rings. The number of Topliss-reactive ketones (excluding diaryl/α,β-unsaturated/α-hetero) is 1. The summed E-state index contributed by atoms with van der Waals surface area (Å²) in [5.41, 5.74) is 5.08. The van der Waals surface area contributed by atoms with Gasteiger partial charge in [-0.15, -0.1) is 5.73 Å². The van der Waals surface area contributed by atoms with Crippen LogP contribution < -0.4 is 0 Å². The van der Waals surface area contributed by atoms with E-state index in [1.165, 1.54) is 71.1 Å². The van der Waals surface area contributed by atoms with Gasteiger partial charge in [-0.25, -0.2) is 4.79 Å². The van der Waals surface area contributed by atoms with Crippen molar-refractivity contribution in [2.75, 3.05) is 0 Å². The fourth-order valence-corrected chi connectivity index (χ4v) is 10.1. The molecule has 3 aliphatic rings. The Labute approximate surface area is 394 Å². The van der Waals surface area contributed by atoms with Crippen LogP contribution >= 0.6 is 0 Å². The number of carbonyl (C=O) groups is 3. The highest BCUT2D eigenvalue weighted by molar-refractivity contribution is 5.96. The first-order chi connectivity index (χ1) is 30.6. The second kappa shape index (κ2) is 25.8. The first kappa shape index (κ1) is 55.3. The average Bonchev–Trinajstić information content (AvgIpc) is 3.81. The summed E-state index contributed by atoms with van der Waals surface area (Å²) in [4.78, 5) is 37.8. The minimum absolute atomic E-state index is 0.0672. The normalized spacial score (nSPS) is 27.1. The minimum Gasteiger partial charge on any atom is -0.462 e. The maximum atomic E-state index is 13.5. The van der Waals surface area contributed by atoms with Crippen LogP contribution in [0.5, 0.6) is 0 Å². The van der Waals surface area contributed by atoms with E-state index in [1.807, 2.05) is 101 Å². The zero-order valence-corrected chi connectivity index (χ0v) is 42.6. The number of unbranched alkanes of at least 4 members (excludes halogenated alkanes) is 11. The van der Waals surface area contributed by atoms with Crippen molar-refractivity contribution in [1.82, 2.24) is 0 Å². The van der Waals surface area contributed by atoms with Gasteiger partial charge in [0, 0.05) is 43.3 Å². The van der Waals surface area contributed by atoms with E-state index in [0.717, 1.165) is 35.1 Å². The summed E-state index contributed by atoms with van der Waals surface area (Å²) in [5.74, 6) is -0.548. The molecule has 5 atom stereocenters. The lowest BCUT2D eigenvalue weighted by molar-refractivity contribution is -0.152. The molecule has 0 amide bonds. The van der Waals surface area contributed by atoms with Crippen molar-refractivity contribution in [3.05, 3.63) is 113 Å². The summed E-state index contributed by atoms with van der Waals surface area (Å²) >= 11 is 0. The number of rotatable bonds is 25. The number of epoxide rings is 1. The maximum Gasteiger partial charge on any atom is 0.330 e. The van der Waals surface area contributed by atoms with Crippen molar-refractivity contribution >= 4 is 17.7 Å². The zero-order chi connectivity index (χ0) is 48.3. The molecule has 0 spiro atoms. The predicted molar refractivity (Wildman–Crippen MR) is 268 cm³/mol. The molecule has 1 aliphatic heterocycles. The number of esters is 2. The van der Waals surface area contributed by atoms with Crippen LogP contribution in [0.3, 0.4) is 0 Å². The van der Waals surface area contributed by atoms with Crippen molar-refractivity contribution in [2.24, 2.45) is 10.8 Å². The lowest BCUT2D eigenvalue weighted by Gasteiger charge is -2.44. The lowest BCUT2D eigenvalue weighted by Crippen LogP contribution is -2.49. The summed E-state index contributed by atoms with van der Waals surface area (Å²) in [6.07, 6.45) is 42.6. The highest BCUT2D eigenvalue weighted by atomic mass is 16.6. The largest absolute Gasteiger partial charge is 0.462 e. The van der Waals surface area contributed by atoms with E-state index in [9.17, 15) is 19.5 Å². The van der Waals surface area contributed by atoms with Crippen LogP contribution in [-0.2, 0) is 28.6 Å². The molecule has 1 saturated heterocycles. The van der Waals surface area contributed by atoms with Crippen molar-refractivity contribution in [3.8, 4) is 0 Å². The molecular weight excluding hydrogens is 809 g/mol. The highest BCUT2D eigenvalue weighted by Crippen LogP contribution is 2.67. The Morgan fingerprint density at radius 3 is 1.75 bits per heavy atom. The molecule has 0 aromatic heterocycles. The Morgan fingerprint density at radius 1 is 0.662 bits per heavy atom. The van der Waals surface area contributed by atoms with Crippen LogP contribution in [0.15, 0.2) is 113 Å². The molecule has 0 aromatic carbocycles. The molecule has 5 unspecified atom stereocenters. The van der Waals surface area contributed by atoms with Crippen LogP contribution in [0.1, 0.15) is 192 Å². The van der Waals surface area contributed by atoms with Gasteiger partial charge >= 0.3 is 11.9 Å². The van der Waals surface area contributed by atoms with E-state index >= 15 is 0 Å². The number of hydrogen-bond acceptors (Lipinski definition) is 7. The molecule has 0 radical (unpaired) electrons. The van der Waals surface area contributed by atoms with Crippen LogP contribution in [0.25, 0.3) is 0 Å². The number of aliphatic hydroxyl groups is 1. The number of allylic oxidation sites excluding steroid dienone is 15. The Morgan fingerprint density at radius 2 is 1.20 bits per heavy atom. The van der Waals surface area contributed by atoms with Gasteiger partial charge in [-0.1, -0.05) is 177 Å². The second-order valence-electron chi connectivity index (χ2n) is 21.0. The molecule has 1 N–H and O–H groups in total. The van der Waals surface area contributed by atoms with Crippen molar-refractivity contribution < 1.29 is 33.7 Å². The molecule has 7 nitrogen and oxygen atoms in total. The van der Waals surface area contributed by atoms with Gasteiger partial charge in [-0.05, 0) is 89.9 Å². The van der Waals surface area contributed by atoms with Crippen molar-refractivity contribution in [2.45, 2.75) is 221 Å². The lowest BCUT2D eigenvalue weighted by atomic mass is 9.61. The maximum absolute atomic E-state index is 13.5. The van der Waals surface area contributed by atoms with Crippen LogP contribution in [0, 0.1) is 10.8 Å². The second-order valence-corrected chi connectivity index (χ2v) is 21.0. The summed E-state index contributed by atoms with van der Waals surface area (Å²) in [6, 6.07) is 0. The summed E-state index contributed by atoms with van der Waals surface area (Å²) in [5, 5.41) is 11.2. The van der Waals surface area contributed by atoms with Gasteiger partial charge < -0.3 is 19.3 Å².